The lowest BCUT2D eigenvalue weighted by molar-refractivity contribution is -0.133. The molecule has 0 radical (unpaired) electrons. The number of hydrogen-bond acceptors (Lipinski definition) is 7. The van der Waals surface area contributed by atoms with Crippen molar-refractivity contribution in [1.29, 1.82) is 0 Å². The highest BCUT2D eigenvalue weighted by Gasteiger charge is 2.34. The highest BCUT2D eigenvalue weighted by atomic mass is 19.2. The van der Waals surface area contributed by atoms with Gasteiger partial charge in [0.05, 0.1) is 23.4 Å². The van der Waals surface area contributed by atoms with Crippen molar-refractivity contribution in [3.63, 3.8) is 0 Å². The molecule has 0 aliphatic carbocycles. The molecule has 0 N–H and O–H groups in total. The van der Waals surface area contributed by atoms with Gasteiger partial charge in [-0.05, 0) is 41.1 Å². The van der Waals surface area contributed by atoms with Crippen LogP contribution in [-0.2, 0) is 11.3 Å². The van der Waals surface area contributed by atoms with Crippen LogP contribution in [0.5, 0.6) is 0 Å². The number of fused-ring (bicyclic) bond motifs is 1. The van der Waals surface area contributed by atoms with E-state index >= 15 is 0 Å². The molecule has 3 heterocycles. The molecule has 1 aromatic heterocycles. The zero-order valence-corrected chi connectivity index (χ0v) is 19.3. The molecule has 12 heteroatoms. The predicted octanol–water partition coefficient (Wildman–Crippen LogP) is 1.66. The lowest BCUT2D eigenvalue weighted by atomic mass is 10.1. The van der Waals surface area contributed by atoms with Gasteiger partial charge in [0.15, 0.2) is 17.5 Å². The minimum Gasteiger partial charge on any atom is -0.340 e. The third kappa shape index (κ3) is 4.59. The molecule has 5 rings (SSSR count). The highest BCUT2D eigenvalue weighted by Crippen LogP contribution is 2.23. The maximum absolute atomic E-state index is 13.6. The van der Waals surface area contributed by atoms with Crippen LogP contribution in [0.15, 0.2) is 42.5 Å². The number of nitrogens with zero attached hydrogens (tertiary/aromatic N) is 7. The highest BCUT2D eigenvalue weighted by molar-refractivity contribution is 6.21. The molecule has 3 amide bonds. The number of amides is 3. The van der Waals surface area contributed by atoms with Gasteiger partial charge in [0.1, 0.15) is 0 Å². The smallest absolute Gasteiger partial charge is 0.261 e. The number of hydrogen-bond donors (Lipinski definition) is 0. The van der Waals surface area contributed by atoms with Crippen molar-refractivity contribution in [3.05, 3.63) is 71.1 Å². The normalized spacial score (nSPS) is 16.1. The van der Waals surface area contributed by atoms with Crippen LogP contribution in [0, 0.1) is 11.6 Å². The van der Waals surface area contributed by atoms with Gasteiger partial charge in [-0.1, -0.05) is 12.1 Å². The monoisotopic (exact) mass is 495 g/mol. The quantitative estimate of drug-likeness (QED) is 0.459. The number of imide groups is 1. The molecule has 1 saturated heterocycles. The largest absolute Gasteiger partial charge is 0.340 e. The summed E-state index contributed by atoms with van der Waals surface area (Å²) < 4.78 is 28.2. The molecule has 0 spiro atoms. The number of aromatic nitrogens is 4. The van der Waals surface area contributed by atoms with Gasteiger partial charge in [0.25, 0.3) is 11.8 Å². The van der Waals surface area contributed by atoms with Crippen molar-refractivity contribution in [3.8, 4) is 5.69 Å². The Labute approximate surface area is 205 Å². The number of halogens is 2. The van der Waals surface area contributed by atoms with E-state index < -0.39 is 11.6 Å². The van der Waals surface area contributed by atoms with Crippen molar-refractivity contribution in [2.75, 3.05) is 32.7 Å². The first-order valence-electron chi connectivity index (χ1n) is 11.6. The summed E-state index contributed by atoms with van der Waals surface area (Å²) in [6.45, 7) is 2.79. The predicted molar refractivity (Wildman–Crippen MR) is 122 cm³/mol. The summed E-state index contributed by atoms with van der Waals surface area (Å²) in [6.07, 6.45) is 0.634. The van der Waals surface area contributed by atoms with Crippen LogP contribution >= 0.6 is 0 Å². The van der Waals surface area contributed by atoms with E-state index in [2.05, 4.69) is 20.4 Å². The van der Waals surface area contributed by atoms with E-state index in [1.807, 2.05) is 0 Å². The Kier molecular flexibility index (Phi) is 6.51. The van der Waals surface area contributed by atoms with Gasteiger partial charge in [-0.25, -0.2) is 8.78 Å². The molecule has 186 valence electrons. The van der Waals surface area contributed by atoms with Crippen LogP contribution in [0.3, 0.4) is 0 Å². The molecule has 0 bridgehead atoms. The van der Waals surface area contributed by atoms with Gasteiger partial charge in [0.2, 0.25) is 5.91 Å². The maximum Gasteiger partial charge on any atom is 0.261 e. The Hall–Kier alpha value is -4.06. The fourth-order valence-electron chi connectivity index (χ4n) is 4.47. The van der Waals surface area contributed by atoms with E-state index in [0.717, 1.165) is 12.1 Å². The van der Waals surface area contributed by atoms with Gasteiger partial charge in [-0.3, -0.25) is 24.2 Å². The Balaban J connectivity index is 1.10. The van der Waals surface area contributed by atoms with Crippen molar-refractivity contribution < 1.29 is 23.2 Å². The second-order valence-corrected chi connectivity index (χ2v) is 8.67. The van der Waals surface area contributed by atoms with Crippen LogP contribution < -0.4 is 0 Å². The van der Waals surface area contributed by atoms with E-state index in [0.29, 0.717) is 61.8 Å². The van der Waals surface area contributed by atoms with Crippen molar-refractivity contribution in [2.45, 2.75) is 19.4 Å². The third-order valence-electron chi connectivity index (χ3n) is 6.42. The molecule has 1 fully saturated rings. The standard InChI is InChI=1S/C24H23F2N7O3/c25-19-8-7-16(14-20(19)26)33-21(27-28-29-33)15-30-10-12-31(13-11-30)22(34)6-3-9-32-23(35)17-4-1-2-5-18(17)24(32)36/h1-2,4-5,7-8,14H,3,6,9-13,15H2. The van der Waals surface area contributed by atoms with Crippen molar-refractivity contribution in [2.24, 2.45) is 0 Å². The second-order valence-electron chi connectivity index (χ2n) is 8.67. The molecule has 36 heavy (non-hydrogen) atoms. The minimum atomic E-state index is -0.982. The van der Waals surface area contributed by atoms with E-state index in [-0.39, 0.29) is 30.7 Å². The van der Waals surface area contributed by atoms with Gasteiger partial charge in [0, 0.05) is 45.2 Å². The lowest BCUT2D eigenvalue weighted by Crippen LogP contribution is -2.48. The first-order valence-corrected chi connectivity index (χ1v) is 11.6. The number of piperazine rings is 1. The molecule has 2 aromatic carbocycles. The molecule has 2 aliphatic heterocycles. The van der Waals surface area contributed by atoms with Gasteiger partial charge >= 0.3 is 0 Å². The molecule has 2 aliphatic rings. The van der Waals surface area contributed by atoms with E-state index in [4.69, 9.17) is 0 Å². The molecule has 0 atom stereocenters. The Morgan fingerprint density at radius 3 is 2.28 bits per heavy atom. The number of benzene rings is 2. The molecular weight excluding hydrogens is 472 g/mol. The van der Waals surface area contributed by atoms with E-state index in [1.54, 1.807) is 29.2 Å². The Morgan fingerprint density at radius 1 is 0.917 bits per heavy atom. The Morgan fingerprint density at radius 2 is 1.61 bits per heavy atom. The molecular formula is C24H23F2N7O3. The number of carbonyl (C=O) groups is 3. The second kappa shape index (κ2) is 9.90. The summed E-state index contributed by atoms with van der Waals surface area (Å²) in [5.41, 5.74) is 1.13. The zero-order chi connectivity index (χ0) is 25.2. The maximum atomic E-state index is 13.6. The number of carbonyl (C=O) groups excluding carboxylic acids is 3. The number of tetrazole rings is 1. The fraction of sp³-hybridized carbons (Fsp3) is 0.333. The van der Waals surface area contributed by atoms with E-state index in [9.17, 15) is 23.2 Å². The summed E-state index contributed by atoms with van der Waals surface area (Å²) >= 11 is 0. The average molecular weight is 495 g/mol. The van der Waals surface area contributed by atoms with Gasteiger partial charge in [-0.15, -0.1) is 5.10 Å². The van der Waals surface area contributed by atoms with Crippen LogP contribution in [-0.4, -0.2) is 85.4 Å². The summed E-state index contributed by atoms with van der Waals surface area (Å²) in [4.78, 5) is 42.6. The Bertz CT molecular complexity index is 1290. The summed E-state index contributed by atoms with van der Waals surface area (Å²) in [5.74, 6) is -2.12. The van der Waals surface area contributed by atoms with Crippen LogP contribution in [0.2, 0.25) is 0 Å². The number of rotatable bonds is 7. The SMILES string of the molecule is O=C(CCCN1C(=O)c2ccccc2C1=O)N1CCN(Cc2nnnn2-c2ccc(F)c(F)c2)CC1. The molecule has 0 unspecified atom stereocenters. The topological polar surface area (TPSA) is 105 Å². The molecule has 0 saturated carbocycles. The average Bonchev–Trinajstić information content (AvgIpc) is 3.44. The van der Waals surface area contributed by atoms with Gasteiger partial charge < -0.3 is 4.90 Å². The first kappa shape index (κ1) is 23.7. The van der Waals surface area contributed by atoms with Crippen LogP contribution in [0.25, 0.3) is 5.69 Å². The lowest BCUT2D eigenvalue weighted by Gasteiger charge is -2.34. The first-order chi connectivity index (χ1) is 17.4. The fourth-order valence-corrected chi connectivity index (χ4v) is 4.47. The van der Waals surface area contributed by atoms with E-state index in [1.165, 1.54) is 15.6 Å². The summed E-state index contributed by atoms with van der Waals surface area (Å²) in [7, 11) is 0. The summed E-state index contributed by atoms with van der Waals surface area (Å²) in [6, 6.07) is 10.2. The van der Waals surface area contributed by atoms with Crippen LogP contribution in [0.1, 0.15) is 39.4 Å². The zero-order valence-electron chi connectivity index (χ0n) is 19.3. The molecule has 10 nitrogen and oxygen atoms in total. The summed E-state index contributed by atoms with van der Waals surface area (Å²) in [5, 5.41) is 11.5. The van der Waals surface area contributed by atoms with Crippen LogP contribution in [0.4, 0.5) is 8.78 Å². The minimum absolute atomic E-state index is 0.0297. The van der Waals surface area contributed by atoms with Crippen molar-refractivity contribution >= 4 is 17.7 Å². The van der Waals surface area contributed by atoms with Crippen molar-refractivity contribution in [1.82, 2.24) is 34.9 Å². The molecule has 3 aromatic rings. The third-order valence-corrected chi connectivity index (χ3v) is 6.42. The van der Waals surface area contributed by atoms with Gasteiger partial charge in [-0.2, -0.15) is 4.68 Å².